The molecule has 0 saturated heterocycles. The van der Waals surface area contributed by atoms with E-state index in [9.17, 15) is 4.79 Å². The summed E-state index contributed by atoms with van der Waals surface area (Å²) in [5.74, 6) is 0.544. The molecule has 0 aliphatic heterocycles. The van der Waals surface area contributed by atoms with E-state index in [1.165, 1.54) is 0 Å². The summed E-state index contributed by atoms with van der Waals surface area (Å²) < 4.78 is 1.10. The van der Waals surface area contributed by atoms with E-state index < -0.39 is 0 Å². The topological polar surface area (TPSA) is 57.8 Å². The van der Waals surface area contributed by atoms with Gasteiger partial charge in [0.2, 0.25) is 0 Å². The summed E-state index contributed by atoms with van der Waals surface area (Å²) in [5.41, 5.74) is 1.60. The van der Waals surface area contributed by atoms with Gasteiger partial charge in [-0.25, -0.2) is 0 Å². The number of amides is 1. The fraction of sp³-hybridized carbons (Fsp3) is 0.111. The number of aromatic nitrogens is 2. The number of nitrogens with one attached hydrogen (secondary N) is 2. The Kier molecular flexibility index (Phi) is 3.06. The van der Waals surface area contributed by atoms with Crippen LogP contribution in [-0.2, 0) is 0 Å². The van der Waals surface area contributed by atoms with Crippen molar-refractivity contribution in [3.63, 3.8) is 0 Å². The lowest BCUT2D eigenvalue weighted by Gasteiger charge is -2.00. The average molecular weight is 333 g/mol. The van der Waals surface area contributed by atoms with Crippen LogP contribution in [0, 0.1) is 9.81 Å². The number of aromatic amines is 1. The third-order valence-electron chi connectivity index (χ3n) is 1.90. The minimum Gasteiger partial charge on any atom is -0.307 e. The summed E-state index contributed by atoms with van der Waals surface area (Å²) >= 11 is 3.74. The van der Waals surface area contributed by atoms with Crippen molar-refractivity contribution >= 4 is 45.7 Å². The molecule has 15 heavy (non-hydrogen) atoms. The smallest absolute Gasteiger partial charge is 0.257 e. The van der Waals surface area contributed by atoms with E-state index in [1.807, 2.05) is 18.4 Å². The van der Waals surface area contributed by atoms with E-state index >= 15 is 0 Å². The Balaban J connectivity index is 2.14. The maximum Gasteiger partial charge on any atom is 0.257 e. The Morgan fingerprint density at radius 1 is 1.67 bits per heavy atom. The SMILES string of the molecule is Cc1cn[nH]c1NC(=O)c1csc(I)c1. The second-order valence-corrected chi connectivity index (χ2v) is 5.83. The van der Waals surface area contributed by atoms with Crippen LogP contribution < -0.4 is 5.32 Å². The van der Waals surface area contributed by atoms with E-state index in [2.05, 4.69) is 38.1 Å². The largest absolute Gasteiger partial charge is 0.307 e. The highest BCUT2D eigenvalue weighted by molar-refractivity contribution is 14.1. The molecule has 2 rings (SSSR count). The van der Waals surface area contributed by atoms with Gasteiger partial charge in [-0.2, -0.15) is 5.10 Å². The Morgan fingerprint density at radius 3 is 3.00 bits per heavy atom. The van der Waals surface area contributed by atoms with Gasteiger partial charge in [0.15, 0.2) is 0 Å². The summed E-state index contributed by atoms with van der Waals surface area (Å²) in [6.45, 7) is 1.89. The molecule has 0 spiro atoms. The highest BCUT2D eigenvalue weighted by atomic mass is 127. The van der Waals surface area contributed by atoms with Crippen molar-refractivity contribution in [1.29, 1.82) is 0 Å². The number of hydrogen-bond acceptors (Lipinski definition) is 3. The van der Waals surface area contributed by atoms with E-state index in [0.29, 0.717) is 11.4 Å². The van der Waals surface area contributed by atoms with Gasteiger partial charge in [-0.15, -0.1) is 11.3 Å². The molecule has 0 aromatic carbocycles. The summed E-state index contributed by atoms with van der Waals surface area (Å²) in [6, 6.07) is 1.85. The number of carbonyl (C=O) groups is 1. The van der Waals surface area contributed by atoms with E-state index in [-0.39, 0.29) is 5.91 Å². The van der Waals surface area contributed by atoms with Crippen LogP contribution in [0.3, 0.4) is 0 Å². The lowest BCUT2D eigenvalue weighted by atomic mass is 10.3. The van der Waals surface area contributed by atoms with Crippen LogP contribution in [-0.4, -0.2) is 16.1 Å². The highest BCUT2D eigenvalue weighted by Crippen LogP contribution is 2.18. The zero-order valence-electron chi connectivity index (χ0n) is 7.87. The minimum absolute atomic E-state index is 0.110. The summed E-state index contributed by atoms with van der Waals surface area (Å²) in [6.07, 6.45) is 1.67. The number of H-pyrrole nitrogens is 1. The third-order valence-corrected chi connectivity index (χ3v) is 3.69. The Morgan fingerprint density at radius 2 is 2.47 bits per heavy atom. The first kappa shape index (κ1) is 10.6. The van der Waals surface area contributed by atoms with Crippen molar-refractivity contribution in [2.45, 2.75) is 6.92 Å². The molecule has 1 amide bonds. The molecule has 0 aliphatic rings. The van der Waals surface area contributed by atoms with Gasteiger partial charge in [0.05, 0.1) is 14.6 Å². The van der Waals surface area contributed by atoms with Crippen LogP contribution in [0.4, 0.5) is 5.82 Å². The molecule has 2 aromatic rings. The normalized spacial score (nSPS) is 10.3. The minimum atomic E-state index is -0.110. The molecule has 0 fully saturated rings. The first-order chi connectivity index (χ1) is 7.16. The summed E-state index contributed by atoms with van der Waals surface area (Å²) in [4.78, 5) is 11.7. The maximum atomic E-state index is 11.7. The number of hydrogen-bond donors (Lipinski definition) is 2. The van der Waals surface area contributed by atoms with Crippen LogP contribution in [0.15, 0.2) is 17.6 Å². The molecule has 0 bridgehead atoms. The van der Waals surface area contributed by atoms with Crippen molar-refractivity contribution in [3.05, 3.63) is 31.7 Å². The lowest BCUT2D eigenvalue weighted by molar-refractivity contribution is 0.102. The molecule has 0 unspecified atom stereocenters. The van der Waals surface area contributed by atoms with Crippen molar-refractivity contribution in [3.8, 4) is 0 Å². The molecule has 0 radical (unpaired) electrons. The first-order valence-corrected chi connectivity index (χ1v) is 6.18. The van der Waals surface area contributed by atoms with Crippen LogP contribution in [0.1, 0.15) is 15.9 Å². The molecule has 2 N–H and O–H groups in total. The second-order valence-electron chi connectivity index (χ2n) is 3.02. The maximum absolute atomic E-state index is 11.7. The number of anilines is 1. The van der Waals surface area contributed by atoms with Crippen LogP contribution in [0.5, 0.6) is 0 Å². The zero-order chi connectivity index (χ0) is 10.8. The number of rotatable bonds is 2. The van der Waals surface area contributed by atoms with Gasteiger partial charge in [0, 0.05) is 10.9 Å². The number of aryl methyl sites for hydroxylation is 1. The number of nitrogens with zero attached hydrogens (tertiary/aromatic N) is 1. The van der Waals surface area contributed by atoms with Crippen LogP contribution >= 0.6 is 33.9 Å². The second kappa shape index (κ2) is 4.31. The van der Waals surface area contributed by atoms with Crippen molar-refractivity contribution in [2.75, 3.05) is 5.32 Å². The van der Waals surface area contributed by atoms with Gasteiger partial charge in [0.25, 0.3) is 5.91 Å². The molecule has 2 heterocycles. The van der Waals surface area contributed by atoms with Gasteiger partial charge in [0.1, 0.15) is 5.82 Å². The Labute approximate surface area is 104 Å². The van der Waals surface area contributed by atoms with Gasteiger partial charge in [-0.3, -0.25) is 9.89 Å². The molecule has 0 atom stereocenters. The van der Waals surface area contributed by atoms with Gasteiger partial charge in [-0.05, 0) is 35.6 Å². The fourth-order valence-electron chi connectivity index (χ4n) is 1.09. The lowest BCUT2D eigenvalue weighted by Crippen LogP contribution is -2.11. The van der Waals surface area contributed by atoms with Crippen molar-refractivity contribution in [1.82, 2.24) is 10.2 Å². The van der Waals surface area contributed by atoms with E-state index in [4.69, 9.17) is 0 Å². The monoisotopic (exact) mass is 333 g/mol. The standard InChI is InChI=1S/C9H8IN3OS/c1-5-3-11-13-8(5)12-9(14)6-2-7(10)15-4-6/h2-4H,1H3,(H2,11,12,13,14). The molecular weight excluding hydrogens is 325 g/mol. The molecule has 6 heteroatoms. The summed E-state index contributed by atoms with van der Waals surface area (Å²) in [5, 5.41) is 11.2. The van der Waals surface area contributed by atoms with Crippen LogP contribution in [0.2, 0.25) is 0 Å². The van der Waals surface area contributed by atoms with Crippen LogP contribution in [0.25, 0.3) is 0 Å². The number of halogens is 1. The Bertz CT molecular complexity index is 491. The van der Waals surface area contributed by atoms with Gasteiger partial charge < -0.3 is 5.32 Å². The van der Waals surface area contributed by atoms with Gasteiger partial charge >= 0.3 is 0 Å². The molecule has 4 nitrogen and oxygen atoms in total. The highest BCUT2D eigenvalue weighted by Gasteiger charge is 2.10. The molecule has 78 valence electrons. The number of thiophene rings is 1. The quantitative estimate of drug-likeness (QED) is 0.830. The van der Waals surface area contributed by atoms with Crippen molar-refractivity contribution in [2.24, 2.45) is 0 Å². The van der Waals surface area contributed by atoms with E-state index in [0.717, 1.165) is 8.45 Å². The average Bonchev–Trinajstić information content (AvgIpc) is 2.77. The number of carbonyl (C=O) groups excluding carboxylic acids is 1. The Hall–Kier alpha value is -0.890. The van der Waals surface area contributed by atoms with Crippen molar-refractivity contribution < 1.29 is 4.79 Å². The molecule has 2 aromatic heterocycles. The molecular formula is C9H8IN3OS. The zero-order valence-corrected chi connectivity index (χ0v) is 10.8. The first-order valence-electron chi connectivity index (χ1n) is 4.22. The fourth-order valence-corrected chi connectivity index (χ4v) is 2.41. The third kappa shape index (κ3) is 2.37. The predicted octanol–water partition coefficient (Wildman–Crippen LogP) is 2.64. The molecule has 0 aliphatic carbocycles. The van der Waals surface area contributed by atoms with E-state index in [1.54, 1.807) is 17.5 Å². The molecule has 0 saturated carbocycles. The van der Waals surface area contributed by atoms with Gasteiger partial charge in [-0.1, -0.05) is 0 Å². The predicted molar refractivity (Wildman–Crippen MR) is 68.3 cm³/mol. The summed E-state index contributed by atoms with van der Waals surface area (Å²) in [7, 11) is 0.